The maximum atomic E-state index is 14.2. The zero-order valence-electron chi connectivity index (χ0n) is 18.3. The van der Waals surface area contributed by atoms with E-state index < -0.39 is 11.6 Å². The Morgan fingerprint density at radius 3 is 2.48 bits per heavy atom. The lowest BCUT2D eigenvalue weighted by molar-refractivity contribution is -0.137. The SMILES string of the molecule is O=C1CCC(N2Cc3c(CN4CCC(c5cccc(F)c5F)CC4)cccc3C2S)C(=O)N1. The van der Waals surface area contributed by atoms with Crippen molar-refractivity contribution in [3.63, 3.8) is 0 Å². The van der Waals surface area contributed by atoms with Crippen LogP contribution in [0.5, 0.6) is 0 Å². The van der Waals surface area contributed by atoms with E-state index in [1.165, 1.54) is 11.1 Å². The molecule has 2 aromatic rings. The van der Waals surface area contributed by atoms with Gasteiger partial charge < -0.3 is 0 Å². The minimum Gasteiger partial charge on any atom is -0.299 e. The molecule has 0 bridgehead atoms. The highest BCUT2D eigenvalue weighted by Gasteiger charge is 2.39. The zero-order chi connectivity index (χ0) is 23.1. The standard InChI is InChI=1S/C25H27F2N3O2S/c26-20-6-2-4-17(23(20)27)15-9-11-29(12-10-15)13-16-3-1-5-18-19(16)14-30(25(18)33)21-7-8-22(31)28-24(21)32/h1-6,15,21,25,33H,7-14H2,(H,28,31,32). The summed E-state index contributed by atoms with van der Waals surface area (Å²) < 4.78 is 27.8. The predicted octanol–water partition coefficient (Wildman–Crippen LogP) is 3.89. The van der Waals surface area contributed by atoms with Crippen molar-refractivity contribution in [2.75, 3.05) is 13.1 Å². The highest BCUT2D eigenvalue weighted by Crippen LogP contribution is 2.41. The molecule has 174 valence electrons. The Morgan fingerprint density at radius 1 is 1.00 bits per heavy atom. The molecule has 3 aliphatic heterocycles. The molecule has 2 aromatic carbocycles. The maximum absolute atomic E-state index is 14.2. The summed E-state index contributed by atoms with van der Waals surface area (Å²) in [4.78, 5) is 28.4. The molecule has 1 N–H and O–H groups in total. The number of nitrogens with one attached hydrogen (secondary N) is 1. The quantitative estimate of drug-likeness (QED) is 0.525. The van der Waals surface area contributed by atoms with E-state index in [9.17, 15) is 18.4 Å². The molecule has 0 saturated carbocycles. The zero-order valence-corrected chi connectivity index (χ0v) is 19.2. The molecular formula is C25H27F2N3O2S. The lowest BCUT2D eigenvalue weighted by Gasteiger charge is -2.33. The first-order valence-corrected chi connectivity index (χ1v) is 12.0. The molecule has 5 rings (SSSR count). The average Bonchev–Trinajstić information content (AvgIpc) is 3.14. The topological polar surface area (TPSA) is 52.7 Å². The van der Waals surface area contributed by atoms with Crippen LogP contribution in [0.4, 0.5) is 8.78 Å². The number of benzene rings is 2. The van der Waals surface area contributed by atoms with Crippen molar-refractivity contribution in [3.05, 3.63) is 70.3 Å². The van der Waals surface area contributed by atoms with Crippen molar-refractivity contribution < 1.29 is 18.4 Å². The van der Waals surface area contributed by atoms with Crippen molar-refractivity contribution in [1.29, 1.82) is 0 Å². The van der Waals surface area contributed by atoms with Crippen molar-refractivity contribution in [3.8, 4) is 0 Å². The van der Waals surface area contributed by atoms with Crippen molar-refractivity contribution in [1.82, 2.24) is 15.1 Å². The van der Waals surface area contributed by atoms with Gasteiger partial charge in [0, 0.05) is 19.5 Å². The first kappa shape index (κ1) is 22.5. The molecule has 3 aliphatic rings. The van der Waals surface area contributed by atoms with Crippen LogP contribution in [-0.2, 0) is 22.7 Å². The first-order valence-electron chi connectivity index (χ1n) is 11.5. The highest BCUT2D eigenvalue weighted by molar-refractivity contribution is 7.80. The molecule has 0 radical (unpaired) electrons. The molecule has 2 unspecified atom stereocenters. The fraction of sp³-hybridized carbons (Fsp3) is 0.440. The number of piperidine rings is 2. The second-order valence-corrected chi connectivity index (χ2v) is 9.68. The summed E-state index contributed by atoms with van der Waals surface area (Å²) in [5.74, 6) is -1.93. The molecule has 0 aromatic heterocycles. The van der Waals surface area contributed by atoms with Gasteiger partial charge in [-0.1, -0.05) is 30.3 Å². The molecule has 2 saturated heterocycles. The lowest BCUT2D eigenvalue weighted by Crippen LogP contribution is -2.51. The Morgan fingerprint density at radius 2 is 1.73 bits per heavy atom. The van der Waals surface area contributed by atoms with Gasteiger partial charge in [0.25, 0.3) is 0 Å². The number of hydrogen-bond acceptors (Lipinski definition) is 5. The number of fused-ring (bicyclic) bond motifs is 1. The summed E-state index contributed by atoms with van der Waals surface area (Å²) in [7, 11) is 0. The summed E-state index contributed by atoms with van der Waals surface area (Å²) in [6.45, 7) is 3.01. The van der Waals surface area contributed by atoms with E-state index in [1.807, 2.05) is 6.07 Å². The van der Waals surface area contributed by atoms with Crippen LogP contribution < -0.4 is 5.32 Å². The van der Waals surface area contributed by atoms with Crippen LogP contribution in [0, 0.1) is 11.6 Å². The van der Waals surface area contributed by atoms with Crippen molar-refractivity contribution in [2.45, 2.75) is 56.1 Å². The fourth-order valence-electron chi connectivity index (χ4n) is 5.44. The number of carbonyl (C=O) groups excluding carboxylic acids is 2. The van der Waals surface area contributed by atoms with E-state index >= 15 is 0 Å². The number of imide groups is 1. The van der Waals surface area contributed by atoms with Gasteiger partial charge in [0.2, 0.25) is 11.8 Å². The van der Waals surface area contributed by atoms with Gasteiger partial charge >= 0.3 is 0 Å². The summed E-state index contributed by atoms with van der Waals surface area (Å²) in [5.41, 5.74) is 3.99. The number of halogens is 2. The number of thiol groups is 1. The number of rotatable bonds is 4. The molecular weight excluding hydrogens is 444 g/mol. The average molecular weight is 472 g/mol. The van der Waals surface area contributed by atoms with E-state index in [4.69, 9.17) is 12.6 Å². The van der Waals surface area contributed by atoms with E-state index in [1.54, 1.807) is 12.1 Å². The Labute approximate surface area is 197 Å². The second kappa shape index (κ2) is 9.16. The minimum absolute atomic E-state index is 0.0308. The van der Waals surface area contributed by atoms with E-state index in [-0.39, 0.29) is 29.1 Å². The van der Waals surface area contributed by atoms with E-state index in [0.717, 1.165) is 44.1 Å². The van der Waals surface area contributed by atoms with Crippen LogP contribution in [0.15, 0.2) is 36.4 Å². The minimum atomic E-state index is -0.781. The number of nitrogens with zero attached hydrogens (tertiary/aromatic N) is 2. The van der Waals surface area contributed by atoms with Gasteiger partial charge in [-0.05, 0) is 66.6 Å². The molecule has 0 spiro atoms. The number of amides is 2. The Kier molecular flexibility index (Phi) is 6.24. The molecule has 8 heteroatoms. The van der Waals surface area contributed by atoms with Crippen LogP contribution in [-0.4, -0.2) is 40.7 Å². The summed E-state index contributed by atoms with van der Waals surface area (Å²) in [6, 6.07) is 10.3. The second-order valence-electron chi connectivity index (χ2n) is 9.19. The maximum Gasteiger partial charge on any atom is 0.243 e. The van der Waals surface area contributed by atoms with Gasteiger partial charge in [-0.15, -0.1) is 0 Å². The predicted molar refractivity (Wildman–Crippen MR) is 123 cm³/mol. The molecule has 33 heavy (non-hydrogen) atoms. The summed E-state index contributed by atoms with van der Waals surface area (Å²) >= 11 is 4.80. The molecule has 3 heterocycles. The number of likely N-dealkylation sites (tertiary alicyclic amines) is 1. The van der Waals surface area contributed by atoms with Crippen molar-refractivity contribution in [2.24, 2.45) is 0 Å². The lowest BCUT2D eigenvalue weighted by atomic mass is 9.88. The highest BCUT2D eigenvalue weighted by atomic mass is 32.1. The van der Waals surface area contributed by atoms with Crippen molar-refractivity contribution >= 4 is 24.4 Å². The first-order chi connectivity index (χ1) is 15.9. The monoisotopic (exact) mass is 471 g/mol. The Balaban J connectivity index is 1.26. The van der Waals surface area contributed by atoms with Crippen LogP contribution in [0.1, 0.15) is 59.2 Å². The largest absolute Gasteiger partial charge is 0.299 e. The Hall–Kier alpha value is -2.29. The van der Waals surface area contributed by atoms with E-state index in [0.29, 0.717) is 24.9 Å². The number of carbonyl (C=O) groups is 2. The van der Waals surface area contributed by atoms with Crippen LogP contribution in [0.2, 0.25) is 0 Å². The Bertz CT molecular complexity index is 1090. The molecule has 2 amide bonds. The summed E-state index contributed by atoms with van der Waals surface area (Å²) in [6.07, 6.45) is 2.42. The van der Waals surface area contributed by atoms with Gasteiger partial charge in [0.05, 0.1) is 11.4 Å². The molecule has 0 aliphatic carbocycles. The van der Waals surface area contributed by atoms with Gasteiger partial charge in [-0.25, -0.2) is 8.78 Å². The molecule has 5 nitrogen and oxygen atoms in total. The van der Waals surface area contributed by atoms with Gasteiger partial charge in [-0.3, -0.25) is 24.7 Å². The van der Waals surface area contributed by atoms with Crippen LogP contribution >= 0.6 is 12.6 Å². The molecule has 2 atom stereocenters. The van der Waals surface area contributed by atoms with Crippen LogP contribution in [0.3, 0.4) is 0 Å². The van der Waals surface area contributed by atoms with E-state index in [2.05, 4.69) is 27.2 Å². The normalized spacial score (nSPS) is 24.7. The third kappa shape index (κ3) is 4.32. The third-order valence-corrected chi connectivity index (χ3v) is 7.83. The van der Waals surface area contributed by atoms with Gasteiger partial charge in [0.15, 0.2) is 11.6 Å². The number of hydrogen-bond donors (Lipinski definition) is 2. The fourth-order valence-corrected chi connectivity index (χ4v) is 5.93. The summed E-state index contributed by atoms with van der Waals surface area (Å²) in [5, 5.41) is 2.26. The van der Waals surface area contributed by atoms with Gasteiger partial charge in [-0.2, -0.15) is 12.6 Å². The smallest absolute Gasteiger partial charge is 0.243 e. The van der Waals surface area contributed by atoms with Crippen LogP contribution in [0.25, 0.3) is 0 Å². The third-order valence-electron chi connectivity index (χ3n) is 7.26. The van der Waals surface area contributed by atoms with Gasteiger partial charge in [0.1, 0.15) is 0 Å². The molecule has 2 fully saturated rings.